The smallest absolute Gasteiger partial charge is 0.309 e. The van der Waals surface area contributed by atoms with Gasteiger partial charge >= 0.3 is 11.9 Å². The molecule has 0 aromatic heterocycles. The summed E-state index contributed by atoms with van der Waals surface area (Å²) in [6.45, 7) is 8.74. The van der Waals surface area contributed by atoms with Crippen LogP contribution >= 0.6 is 0 Å². The summed E-state index contributed by atoms with van der Waals surface area (Å²) >= 11 is 0. The zero-order valence-corrected chi connectivity index (χ0v) is 16.6. The van der Waals surface area contributed by atoms with Crippen molar-refractivity contribution in [2.24, 2.45) is 29.1 Å². The Bertz CT molecular complexity index is 430. The molecule has 0 aromatic rings. The fraction of sp³-hybridized carbons (Fsp3) is 0.905. The van der Waals surface area contributed by atoms with Crippen molar-refractivity contribution in [2.45, 2.75) is 91.9 Å². The van der Waals surface area contributed by atoms with Crippen LogP contribution in [0.3, 0.4) is 0 Å². The van der Waals surface area contributed by atoms with Crippen LogP contribution in [0.1, 0.15) is 91.9 Å². The molecule has 0 aromatic carbocycles. The van der Waals surface area contributed by atoms with E-state index in [0.29, 0.717) is 37.5 Å². The van der Waals surface area contributed by atoms with Gasteiger partial charge in [0.2, 0.25) is 0 Å². The van der Waals surface area contributed by atoms with Gasteiger partial charge in [-0.2, -0.15) is 0 Å². The van der Waals surface area contributed by atoms with Gasteiger partial charge in [-0.1, -0.05) is 59.8 Å². The molecule has 1 aliphatic rings. The van der Waals surface area contributed by atoms with Gasteiger partial charge in [-0.3, -0.25) is 9.59 Å². The number of hydrogen-bond donors (Lipinski definition) is 2. The molecule has 0 radical (unpaired) electrons. The maximum absolute atomic E-state index is 12.2. The summed E-state index contributed by atoms with van der Waals surface area (Å²) in [5.41, 5.74) is -0.710. The van der Waals surface area contributed by atoms with E-state index in [9.17, 15) is 19.8 Å². The van der Waals surface area contributed by atoms with Gasteiger partial charge in [0.1, 0.15) is 0 Å². The minimum Gasteiger partial charge on any atom is -0.481 e. The van der Waals surface area contributed by atoms with Gasteiger partial charge in [0.25, 0.3) is 0 Å². The van der Waals surface area contributed by atoms with E-state index in [1.165, 1.54) is 0 Å². The van der Waals surface area contributed by atoms with Crippen molar-refractivity contribution < 1.29 is 19.8 Å². The Morgan fingerprint density at radius 1 is 1.00 bits per heavy atom. The van der Waals surface area contributed by atoms with E-state index in [1.807, 2.05) is 0 Å². The second-order valence-electron chi connectivity index (χ2n) is 8.93. The highest BCUT2D eigenvalue weighted by Gasteiger charge is 2.49. The molecule has 1 saturated carbocycles. The van der Waals surface area contributed by atoms with Crippen LogP contribution in [0.4, 0.5) is 0 Å². The highest BCUT2D eigenvalue weighted by Crippen LogP contribution is 2.49. The molecule has 2 N–H and O–H groups in total. The minimum absolute atomic E-state index is 0.000764. The molecule has 4 nitrogen and oxygen atoms in total. The van der Waals surface area contributed by atoms with Crippen LogP contribution in [-0.4, -0.2) is 22.2 Å². The van der Waals surface area contributed by atoms with Crippen molar-refractivity contribution in [2.75, 3.05) is 0 Å². The first kappa shape index (κ1) is 22.0. The van der Waals surface area contributed by atoms with Gasteiger partial charge in [0.05, 0.1) is 11.3 Å². The maximum atomic E-state index is 12.2. The van der Waals surface area contributed by atoms with Crippen LogP contribution in [0.25, 0.3) is 0 Å². The topological polar surface area (TPSA) is 74.6 Å². The average molecular weight is 355 g/mol. The summed E-state index contributed by atoms with van der Waals surface area (Å²) in [4.78, 5) is 23.7. The van der Waals surface area contributed by atoms with Gasteiger partial charge < -0.3 is 10.2 Å². The van der Waals surface area contributed by atoms with Gasteiger partial charge in [-0.05, 0) is 49.9 Å². The van der Waals surface area contributed by atoms with Gasteiger partial charge in [0.15, 0.2) is 0 Å². The second kappa shape index (κ2) is 10.2. The number of rotatable bonds is 11. The number of unbranched alkanes of at least 4 members (excludes halogenated alkanes) is 1. The van der Waals surface area contributed by atoms with Crippen molar-refractivity contribution >= 4 is 11.9 Å². The standard InChI is InChI=1S/C21H38O4/c1-15(2)8-5-6-10-18-14-17(19(22)23)11-13-21(18,20(24)25)12-7-9-16(3)4/h15-18H,5-14H2,1-4H3,(H,22,23)(H,24,25). The molecule has 25 heavy (non-hydrogen) atoms. The zero-order chi connectivity index (χ0) is 19.0. The van der Waals surface area contributed by atoms with Gasteiger partial charge in [-0.15, -0.1) is 0 Å². The number of carboxylic acids is 2. The summed E-state index contributed by atoms with van der Waals surface area (Å²) < 4.78 is 0. The lowest BCUT2D eigenvalue weighted by molar-refractivity contribution is -0.161. The average Bonchev–Trinajstić information content (AvgIpc) is 2.51. The van der Waals surface area contributed by atoms with Crippen molar-refractivity contribution in [1.29, 1.82) is 0 Å². The predicted octanol–water partition coefficient (Wildman–Crippen LogP) is 5.60. The van der Waals surface area contributed by atoms with E-state index in [0.717, 1.165) is 38.5 Å². The molecule has 4 heteroatoms. The zero-order valence-electron chi connectivity index (χ0n) is 16.6. The maximum Gasteiger partial charge on any atom is 0.309 e. The fourth-order valence-corrected chi connectivity index (χ4v) is 4.43. The quantitative estimate of drug-likeness (QED) is 0.473. The molecule has 3 unspecified atom stereocenters. The first-order valence-electron chi connectivity index (χ1n) is 10.1. The van der Waals surface area contributed by atoms with E-state index >= 15 is 0 Å². The fourth-order valence-electron chi connectivity index (χ4n) is 4.43. The summed E-state index contributed by atoms with van der Waals surface area (Å²) in [6.07, 6.45) is 8.33. The van der Waals surface area contributed by atoms with Crippen molar-refractivity contribution in [3.63, 3.8) is 0 Å². The SMILES string of the molecule is CC(C)CCCCC1CC(C(=O)O)CCC1(CCCC(C)C)C(=O)O. The Morgan fingerprint density at radius 3 is 2.12 bits per heavy atom. The third kappa shape index (κ3) is 6.63. The van der Waals surface area contributed by atoms with E-state index in [1.54, 1.807) is 0 Å². The third-order valence-corrected chi connectivity index (χ3v) is 6.05. The molecule has 146 valence electrons. The van der Waals surface area contributed by atoms with E-state index < -0.39 is 17.4 Å². The molecule has 0 saturated heterocycles. The highest BCUT2D eigenvalue weighted by molar-refractivity contribution is 5.76. The largest absolute Gasteiger partial charge is 0.481 e. The lowest BCUT2D eigenvalue weighted by Gasteiger charge is -2.43. The Labute approximate surface area is 153 Å². The lowest BCUT2D eigenvalue weighted by atomic mass is 9.59. The molecule has 0 aliphatic heterocycles. The molecule has 0 amide bonds. The number of aliphatic carboxylic acids is 2. The van der Waals surface area contributed by atoms with Crippen LogP contribution in [0.2, 0.25) is 0 Å². The normalized spacial score (nSPS) is 27.0. The Balaban J connectivity index is 2.83. The monoisotopic (exact) mass is 354 g/mol. The van der Waals surface area contributed by atoms with Crippen LogP contribution in [0.15, 0.2) is 0 Å². The van der Waals surface area contributed by atoms with Crippen LogP contribution in [-0.2, 0) is 9.59 Å². The van der Waals surface area contributed by atoms with Gasteiger partial charge in [-0.25, -0.2) is 0 Å². The first-order valence-corrected chi connectivity index (χ1v) is 10.1. The van der Waals surface area contributed by atoms with Crippen LogP contribution in [0.5, 0.6) is 0 Å². The van der Waals surface area contributed by atoms with Crippen LogP contribution < -0.4 is 0 Å². The summed E-state index contributed by atoms with van der Waals surface area (Å²) in [5, 5.41) is 19.5. The molecule has 3 atom stereocenters. The van der Waals surface area contributed by atoms with Crippen molar-refractivity contribution in [3.05, 3.63) is 0 Å². The summed E-state index contributed by atoms with van der Waals surface area (Å²) in [5.74, 6) is -0.590. The first-order chi connectivity index (χ1) is 11.7. The molecule has 0 bridgehead atoms. The van der Waals surface area contributed by atoms with Crippen molar-refractivity contribution in [1.82, 2.24) is 0 Å². The highest BCUT2D eigenvalue weighted by atomic mass is 16.4. The second-order valence-corrected chi connectivity index (χ2v) is 8.93. The molecular weight excluding hydrogens is 316 g/mol. The van der Waals surface area contributed by atoms with E-state index in [2.05, 4.69) is 27.7 Å². The number of hydrogen-bond acceptors (Lipinski definition) is 2. The molecular formula is C21H38O4. The van der Waals surface area contributed by atoms with Gasteiger partial charge in [0, 0.05) is 0 Å². The molecule has 1 rings (SSSR count). The molecule has 0 heterocycles. The van der Waals surface area contributed by atoms with Crippen molar-refractivity contribution in [3.8, 4) is 0 Å². The summed E-state index contributed by atoms with van der Waals surface area (Å²) in [7, 11) is 0. The molecule has 1 fully saturated rings. The summed E-state index contributed by atoms with van der Waals surface area (Å²) in [6, 6.07) is 0. The predicted molar refractivity (Wildman–Crippen MR) is 101 cm³/mol. The van der Waals surface area contributed by atoms with E-state index in [4.69, 9.17) is 0 Å². The Kier molecular flexibility index (Phi) is 8.95. The number of carbonyl (C=O) groups is 2. The Morgan fingerprint density at radius 2 is 1.60 bits per heavy atom. The third-order valence-electron chi connectivity index (χ3n) is 6.05. The van der Waals surface area contributed by atoms with E-state index in [-0.39, 0.29) is 11.8 Å². The minimum atomic E-state index is -0.756. The molecule has 0 spiro atoms. The van der Waals surface area contributed by atoms with Crippen LogP contribution in [0, 0.1) is 29.1 Å². The number of carboxylic acid groups (broad SMARTS) is 2. The Hall–Kier alpha value is -1.06. The molecule has 1 aliphatic carbocycles. The lowest BCUT2D eigenvalue weighted by Crippen LogP contribution is -2.44.